The normalized spacial score (nSPS) is 14.0. The zero-order valence-corrected chi connectivity index (χ0v) is 15.8. The molecule has 0 aliphatic carbocycles. The van der Waals surface area contributed by atoms with Crippen molar-refractivity contribution in [3.8, 4) is 0 Å². The van der Waals surface area contributed by atoms with Crippen molar-refractivity contribution < 1.29 is 28.3 Å². The number of furan rings is 1. The van der Waals surface area contributed by atoms with Crippen molar-refractivity contribution in [1.82, 2.24) is 9.80 Å². The maximum absolute atomic E-state index is 12.4. The molecule has 3 rings (SSSR count). The first-order valence-corrected chi connectivity index (χ1v) is 8.72. The fourth-order valence-corrected chi connectivity index (χ4v) is 2.92. The standard InChI is InChI=1S/C20H20N2O6/c1-12-8-9-14(28-12)10-21(3)17(23)11-27-20(26)13(2)22-18(24)15-6-4-5-7-16(15)19(22)25/h4-9,13H,10-11H2,1-3H3/t13-/m1/s1. The highest BCUT2D eigenvalue weighted by Crippen LogP contribution is 2.24. The second-order valence-electron chi connectivity index (χ2n) is 6.57. The Morgan fingerprint density at radius 1 is 1.11 bits per heavy atom. The Labute approximate surface area is 161 Å². The molecule has 0 saturated carbocycles. The van der Waals surface area contributed by atoms with Gasteiger partial charge in [0.25, 0.3) is 17.7 Å². The molecule has 0 N–H and O–H groups in total. The predicted octanol–water partition coefficient (Wildman–Crippen LogP) is 1.77. The largest absolute Gasteiger partial charge is 0.464 e. The van der Waals surface area contributed by atoms with E-state index >= 15 is 0 Å². The zero-order valence-electron chi connectivity index (χ0n) is 15.8. The third-order valence-electron chi connectivity index (χ3n) is 4.51. The minimum absolute atomic E-state index is 0.234. The third kappa shape index (κ3) is 3.66. The molecular weight excluding hydrogens is 364 g/mol. The summed E-state index contributed by atoms with van der Waals surface area (Å²) >= 11 is 0. The van der Waals surface area contributed by atoms with Crippen LogP contribution in [0.3, 0.4) is 0 Å². The van der Waals surface area contributed by atoms with Gasteiger partial charge >= 0.3 is 5.97 Å². The molecule has 1 aliphatic rings. The lowest BCUT2D eigenvalue weighted by molar-refractivity contribution is -0.154. The Balaban J connectivity index is 1.57. The lowest BCUT2D eigenvalue weighted by Crippen LogP contribution is -2.44. The van der Waals surface area contributed by atoms with Crippen LogP contribution in [0.4, 0.5) is 0 Å². The van der Waals surface area contributed by atoms with Gasteiger partial charge in [-0.25, -0.2) is 4.79 Å². The van der Waals surface area contributed by atoms with Crippen molar-refractivity contribution in [1.29, 1.82) is 0 Å². The number of hydrogen-bond acceptors (Lipinski definition) is 6. The monoisotopic (exact) mass is 384 g/mol. The fraction of sp³-hybridized carbons (Fsp3) is 0.300. The highest BCUT2D eigenvalue weighted by atomic mass is 16.5. The minimum Gasteiger partial charge on any atom is -0.464 e. The SMILES string of the molecule is Cc1ccc(CN(C)C(=O)COC(=O)[C@@H](C)N2C(=O)c3ccccc3C2=O)o1. The number of nitrogens with zero attached hydrogens (tertiary/aromatic N) is 2. The summed E-state index contributed by atoms with van der Waals surface area (Å²) in [7, 11) is 1.56. The van der Waals surface area contributed by atoms with Crippen LogP contribution in [0.2, 0.25) is 0 Å². The van der Waals surface area contributed by atoms with E-state index in [0.29, 0.717) is 5.76 Å². The summed E-state index contributed by atoms with van der Waals surface area (Å²) in [6.45, 7) is 2.93. The molecule has 1 atom stereocenters. The molecule has 2 heterocycles. The molecule has 0 radical (unpaired) electrons. The van der Waals surface area contributed by atoms with Crippen LogP contribution < -0.4 is 0 Å². The van der Waals surface area contributed by atoms with E-state index in [1.54, 1.807) is 38.2 Å². The van der Waals surface area contributed by atoms with Crippen LogP contribution in [0.5, 0.6) is 0 Å². The van der Waals surface area contributed by atoms with Gasteiger partial charge in [-0.2, -0.15) is 0 Å². The molecule has 1 aromatic heterocycles. The second kappa shape index (κ2) is 7.67. The van der Waals surface area contributed by atoms with Crippen molar-refractivity contribution in [2.75, 3.05) is 13.7 Å². The van der Waals surface area contributed by atoms with E-state index in [2.05, 4.69) is 0 Å². The van der Waals surface area contributed by atoms with Gasteiger partial charge in [0.1, 0.15) is 17.6 Å². The Morgan fingerprint density at radius 3 is 2.25 bits per heavy atom. The summed E-state index contributed by atoms with van der Waals surface area (Å²) in [6.07, 6.45) is 0. The number of ether oxygens (including phenoxy) is 1. The Kier molecular flexibility index (Phi) is 5.30. The van der Waals surface area contributed by atoms with E-state index in [1.807, 2.05) is 0 Å². The number of hydrogen-bond donors (Lipinski definition) is 0. The van der Waals surface area contributed by atoms with Crippen molar-refractivity contribution in [3.05, 3.63) is 59.0 Å². The van der Waals surface area contributed by atoms with Gasteiger partial charge in [-0.05, 0) is 38.1 Å². The number of benzene rings is 1. The Hall–Kier alpha value is -3.42. The molecule has 28 heavy (non-hydrogen) atoms. The lowest BCUT2D eigenvalue weighted by atomic mass is 10.1. The number of imide groups is 1. The van der Waals surface area contributed by atoms with Crippen LogP contribution >= 0.6 is 0 Å². The van der Waals surface area contributed by atoms with Crippen LogP contribution in [0.25, 0.3) is 0 Å². The first-order chi connectivity index (χ1) is 13.3. The van der Waals surface area contributed by atoms with Crippen molar-refractivity contribution in [2.45, 2.75) is 26.4 Å². The van der Waals surface area contributed by atoms with Crippen molar-refractivity contribution in [3.63, 3.8) is 0 Å². The second-order valence-corrected chi connectivity index (χ2v) is 6.57. The minimum atomic E-state index is -1.14. The van der Waals surface area contributed by atoms with Gasteiger partial charge in [-0.1, -0.05) is 12.1 Å². The molecule has 8 nitrogen and oxygen atoms in total. The van der Waals surface area contributed by atoms with E-state index < -0.39 is 36.3 Å². The number of esters is 1. The van der Waals surface area contributed by atoms with E-state index in [9.17, 15) is 19.2 Å². The highest BCUT2D eigenvalue weighted by Gasteiger charge is 2.41. The summed E-state index contributed by atoms with van der Waals surface area (Å²) < 4.78 is 10.4. The summed E-state index contributed by atoms with van der Waals surface area (Å²) in [5.74, 6) is -1.03. The third-order valence-corrected chi connectivity index (χ3v) is 4.51. The number of aryl methyl sites for hydroxylation is 1. The average Bonchev–Trinajstić information content (AvgIpc) is 3.20. The first kappa shape index (κ1) is 19.3. The van der Waals surface area contributed by atoms with Crippen LogP contribution in [0, 0.1) is 6.92 Å². The van der Waals surface area contributed by atoms with Crippen LogP contribution in [0.15, 0.2) is 40.8 Å². The number of carbonyl (C=O) groups excluding carboxylic acids is 4. The van der Waals surface area contributed by atoms with Crippen LogP contribution in [-0.4, -0.2) is 53.2 Å². The summed E-state index contributed by atoms with van der Waals surface area (Å²) in [5.41, 5.74) is 0.494. The van der Waals surface area contributed by atoms with Gasteiger partial charge in [-0.3, -0.25) is 19.3 Å². The van der Waals surface area contributed by atoms with Crippen molar-refractivity contribution >= 4 is 23.7 Å². The van der Waals surface area contributed by atoms with Crippen LogP contribution in [-0.2, 0) is 20.9 Å². The molecule has 1 aromatic carbocycles. The van der Waals surface area contributed by atoms with E-state index in [1.165, 1.54) is 24.0 Å². The molecule has 3 amide bonds. The van der Waals surface area contributed by atoms with Crippen molar-refractivity contribution in [2.24, 2.45) is 0 Å². The predicted molar refractivity (Wildman–Crippen MR) is 97.3 cm³/mol. The molecule has 0 bridgehead atoms. The summed E-state index contributed by atoms with van der Waals surface area (Å²) in [4.78, 5) is 51.5. The number of likely N-dealkylation sites (N-methyl/N-ethyl adjacent to an activating group) is 1. The molecule has 146 valence electrons. The van der Waals surface area contributed by atoms with Gasteiger partial charge in [0, 0.05) is 7.05 Å². The molecule has 0 unspecified atom stereocenters. The maximum atomic E-state index is 12.4. The molecule has 0 spiro atoms. The molecule has 0 fully saturated rings. The smallest absolute Gasteiger partial charge is 0.329 e. The number of fused-ring (bicyclic) bond motifs is 1. The van der Waals surface area contributed by atoms with E-state index in [0.717, 1.165) is 10.7 Å². The molecule has 0 saturated heterocycles. The summed E-state index contributed by atoms with van der Waals surface area (Å²) in [6, 6.07) is 8.76. The van der Waals surface area contributed by atoms with E-state index in [4.69, 9.17) is 9.15 Å². The lowest BCUT2D eigenvalue weighted by Gasteiger charge is -2.21. The van der Waals surface area contributed by atoms with Gasteiger partial charge in [0.2, 0.25) is 0 Å². The van der Waals surface area contributed by atoms with Crippen LogP contribution in [0.1, 0.15) is 39.2 Å². The first-order valence-electron chi connectivity index (χ1n) is 8.72. The fourth-order valence-electron chi connectivity index (χ4n) is 2.92. The number of rotatable bonds is 6. The molecule has 8 heteroatoms. The average molecular weight is 384 g/mol. The summed E-state index contributed by atoms with van der Waals surface area (Å²) in [5, 5.41) is 0. The Morgan fingerprint density at radius 2 is 1.71 bits per heavy atom. The molecule has 1 aliphatic heterocycles. The zero-order chi connectivity index (χ0) is 20.4. The van der Waals surface area contributed by atoms with Gasteiger partial charge in [0.15, 0.2) is 6.61 Å². The molecular formula is C20H20N2O6. The van der Waals surface area contributed by atoms with E-state index in [-0.39, 0.29) is 17.7 Å². The number of carbonyl (C=O) groups is 4. The van der Waals surface area contributed by atoms with Gasteiger partial charge in [0.05, 0.1) is 17.7 Å². The van der Waals surface area contributed by atoms with Gasteiger partial charge in [-0.15, -0.1) is 0 Å². The Bertz CT molecular complexity index is 913. The van der Waals surface area contributed by atoms with Gasteiger partial charge < -0.3 is 14.1 Å². The highest BCUT2D eigenvalue weighted by molar-refractivity contribution is 6.22. The number of amides is 3. The maximum Gasteiger partial charge on any atom is 0.329 e. The quantitative estimate of drug-likeness (QED) is 0.556. The topological polar surface area (TPSA) is 97.1 Å². The molecule has 2 aromatic rings.